The summed E-state index contributed by atoms with van der Waals surface area (Å²) in [5.41, 5.74) is 6.88. The number of furan rings is 1. The molecule has 76 valence electrons. The summed E-state index contributed by atoms with van der Waals surface area (Å²) in [6.07, 6.45) is 4.60. The van der Waals surface area contributed by atoms with E-state index in [2.05, 4.69) is 13.2 Å². The SMILES string of the molecule is C=C(Cl)/C=C\C(=C)c1coc(N)c1C#N. The molecule has 0 amide bonds. The van der Waals surface area contributed by atoms with Crippen LogP contribution in [-0.2, 0) is 0 Å². The number of anilines is 1. The molecule has 0 aromatic carbocycles. The number of nitrogens with two attached hydrogens (primary N) is 1. The van der Waals surface area contributed by atoms with Crippen LogP contribution in [0.15, 0.2) is 41.0 Å². The van der Waals surface area contributed by atoms with Crippen LogP contribution in [0.3, 0.4) is 0 Å². The number of nitrogens with zero attached hydrogens (tertiary/aromatic N) is 1. The van der Waals surface area contributed by atoms with Gasteiger partial charge in [-0.2, -0.15) is 5.26 Å². The molecule has 0 aliphatic rings. The average molecular weight is 221 g/mol. The van der Waals surface area contributed by atoms with Crippen molar-refractivity contribution in [1.29, 1.82) is 5.26 Å². The molecule has 0 aliphatic carbocycles. The van der Waals surface area contributed by atoms with Gasteiger partial charge in [-0.05, 0) is 11.6 Å². The van der Waals surface area contributed by atoms with E-state index in [1.807, 2.05) is 6.07 Å². The third kappa shape index (κ3) is 2.52. The zero-order valence-electron chi connectivity index (χ0n) is 7.96. The highest BCUT2D eigenvalue weighted by molar-refractivity contribution is 6.30. The van der Waals surface area contributed by atoms with Crippen LogP contribution < -0.4 is 5.73 Å². The third-order valence-electron chi connectivity index (χ3n) is 1.74. The minimum atomic E-state index is 0.0896. The van der Waals surface area contributed by atoms with E-state index in [1.165, 1.54) is 6.26 Å². The first-order chi connectivity index (χ1) is 7.06. The van der Waals surface area contributed by atoms with Crippen molar-refractivity contribution in [2.45, 2.75) is 0 Å². The predicted molar refractivity (Wildman–Crippen MR) is 61.0 cm³/mol. The number of halogens is 1. The van der Waals surface area contributed by atoms with E-state index < -0.39 is 0 Å². The molecule has 3 nitrogen and oxygen atoms in total. The predicted octanol–water partition coefficient (Wildman–Crippen LogP) is 3.06. The van der Waals surface area contributed by atoms with Gasteiger partial charge >= 0.3 is 0 Å². The number of nitrogen functional groups attached to an aromatic ring is 1. The molecule has 0 saturated carbocycles. The van der Waals surface area contributed by atoms with Gasteiger partial charge in [-0.25, -0.2) is 0 Å². The molecule has 2 N–H and O–H groups in total. The minimum Gasteiger partial charge on any atom is -0.447 e. The van der Waals surface area contributed by atoms with Crippen LogP contribution in [0, 0.1) is 11.3 Å². The van der Waals surface area contributed by atoms with Crippen LogP contribution in [-0.4, -0.2) is 0 Å². The highest BCUT2D eigenvalue weighted by Gasteiger charge is 2.11. The Hall–Kier alpha value is -1.92. The summed E-state index contributed by atoms with van der Waals surface area (Å²) in [7, 11) is 0. The summed E-state index contributed by atoms with van der Waals surface area (Å²) in [4.78, 5) is 0. The Morgan fingerprint density at radius 1 is 1.53 bits per heavy atom. The van der Waals surface area contributed by atoms with Gasteiger partial charge in [-0.3, -0.25) is 0 Å². The largest absolute Gasteiger partial charge is 0.447 e. The van der Waals surface area contributed by atoms with Gasteiger partial charge in [0.15, 0.2) is 0 Å². The molecule has 1 heterocycles. The molecule has 1 aromatic rings. The third-order valence-corrected chi connectivity index (χ3v) is 1.87. The monoisotopic (exact) mass is 220 g/mol. The van der Waals surface area contributed by atoms with Gasteiger partial charge in [-0.15, -0.1) is 0 Å². The smallest absolute Gasteiger partial charge is 0.208 e. The highest BCUT2D eigenvalue weighted by atomic mass is 35.5. The van der Waals surface area contributed by atoms with Crippen molar-refractivity contribution in [2.75, 3.05) is 5.73 Å². The molecule has 0 radical (unpaired) electrons. The Morgan fingerprint density at radius 3 is 2.73 bits per heavy atom. The molecule has 4 heteroatoms. The Kier molecular flexibility index (Phi) is 3.37. The lowest BCUT2D eigenvalue weighted by Gasteiger charge is -1.95. The van der Waals surface area contributed by atoms with E-state index in [4.69, 9.17) is 27.0 Å². The summed E-state index contributed by atoms with van der Waals surface area (Å²) in [5.74, 6) is 0.0896. The molecular weight excluding hydrogens is 212 g/mol. The van der Waals surface area contributed by atoms with Gasteiger partial charge in [0, 0.05) is 10.6 Å². The molecule has 1 aromatic heterocycles. The Bertz CT molecular complexity index is 477. The van der Waals surface area contributed by atoms with Gasteiger partial charge in [0.25, 0.3) is 0 Å². The van der Waals surface area contributed by atoms with Crippen LogP contribution >= 0.6 is 11.6 Å². The first-order valence-electron chi connectivity index (χ1n) is 4.05. The van der Waals surface area contributed by atoms with Gasteiger partial charge in [0.1, 0.15) is 17.9 Å². The fourth-order valence-corrected chi connectivity index (χ4v) is 1.07. The quantitative estimate of drug-likeness (QED) is 0.797. The van der Waals surface area contributed by atoms with Crippen molar-refractivity contribution in [1.82, 2.24) is 0 Å². The second kappa shape index (κ2) is 4.54. The summed E-state index contributed by atoms with van der Waals surface area (Å²) in [6, 6.07) is 1.94. The molecule has 0 spiro atoms. The average Bonchev–Trinajstić information content (AvgIpc) is 2.55. The number of rotatable bonds is 3. The van der Waals surface area contributed by atoms with Crippen LogP contribution in [0.4, 0.5) is 5.88 Å². The normalized spacial score (nSPS) is 10.1. The maximum Gasteiger partial charge on any atom is 0.208 e. The maximum absolute atomic E-state index is 8.82. The summed E-state index contributed by atoms with van der Waals surface area (Å²) in [6.45, 7) is 7.26. The van der Waals surface area contributed by atoms with Crippen molar-refractivity contribution >= 4 is 23.1 Å². The molecular formula is C11H9ClN2O. The lowest BCUT2D eigenvalue weighted by molar-refractivity contribution is 0.586. The van der Waals surface area contributed by atoms with Crippen LogP contribution in [0.1, 0.15) is 11.1 Å². The first kappa shape index (κ1) is 11.2. The standard InChI is InChI=1S/C11H9ClN2O/c1-7(3-4-8(2)12)10-6-15-11(14)9(10)5-13/h3-4,6H,1-2,14H2/b4-3-. The lowest BCUT2D eigenvalue weighted by atomic mass is 10.1. The van der Waals surface area contributed by atoms with Crippen molar-refractivity contribution < 1.29 is 4.42 Å². The van der Waals surface area contributed by atoms with E-state index in [-0.39, 0.29) is 11.4 Å². The highest BCUT2D eigenvalue weighted by Crippen LogP contribution is 2.25. The Labute approximate surface area is 92.7 Å². The van der Waals surface area contributed by atoms with Gasteiger partial charge in [-0.1, -0.05) is 30.8 Å². The van der Waals surface area contributed by atoms with E-state index in [0.29, 0.717) is 16.2 Å². The molecule has 1 rings (SSSR count). The van der Waals surface area contributed by atoms with E-state index in [1.54, 1.807) is 12.2 Å². The summed E-state index contributed by atoms with van der Waals surface area (Å²) in [5, 5.41) is 9.20. The maximum atomic E-state index is 8.82. The fourth-order valence-electron chi connectivity index (χ4n) is 1.01. The molecule has 0 fully saturated rings. The number of nitriles is 1. The molecule has 0 unspecified atom stereocenters. The minimum absolute atomic E-state index is 0.0896. The summed E-state index contributed by atoms with van der Waals surface area (Å²) >= 11 is 5.55. The second-order valence-corrected chi connectivity index (χ2v) is 3.29. The van der Waals surface area contributed by atoms with Crippen LogP contribution in [0.25, 0.3) is 5.57 Å². The van der Waals surface area contributed by atoms with E-state index in [0.717, 1.165) is 0 Å². The molecule has 0 aliphatic heterocycles. The zero-order chi connectivity index (χ0) is 11.4. The zero-order valence-corrected chi connectivity index (χ0v) is 8.71. The summed E-state index contributed by atoms with van der Waals surface area (Å²) < 4.78 is 4.92. The number of hydrogen-bond acceptors (Lipinski definition) is 3. The second-order valence-electron chi connectivity index (χ2n) is 2.81. The van der Waals surface area contributed by atoms with Gasteiger partial charge < -0.3 is 10.2 Å². The van der Waals surface area contributed by atoms with Gasteiger partial charge in [0.2, 0.25) is 5.88 Å². The molecule has 15 heavy (non-hydrogen) atoms. The van der Waals surface area contributed by atoms with E-state index in [9.17, 15) is 0 Å². The number of allylic oxidation sites excluding steroid dienone is 4. The Balaban J connectivity index is 3.03. The lowest BCUT2D eigenvalue weighted by Crippen LogP contribution is -1.87. The molecule has 0 bridgehead atoms. The van der Waals surface area contributed by atoms with Crippen molar-refractivity contribution in [3.05, 3.63) is 47.7 Å². The van der Waals surface area contributed by atoms with Crippen molar-refractivity contribution in [3.8, 4) is 6.07 Å². The molecule has 0 saturated heterocycles. The van der Waals surface area contributed by atoms with Crippen LogP contribution in [0.2, 0.25) is 0 Å². The number of hydrogen-bond donors (Lipinski definition) is 1. The topological polar surface area (TPSA) is 62.9 Å². The van der Waals surface area contributed by atoms with Gasteiger partial charge in [0.05, 0.1) is 0 Å². The molecule has 0 atom stereocenters. The van der Waals surface area contributed by atoms with Crippen LogP contribution in [0.5, 0.6) is 0 Å². The fraction of sp³-hybridized carbons (Fsp3) is 0. The Morgan fingerprint density at radius 2 is 2.20 bits per heavy atom. The first-order valence-corrected chi connectivity index (χ1v) is 4.43. The van der Waals surface area contributed by atoms with E-state index >= 15 is 0 Å². The van der Waals surface area contributed by atoms with Crippen molar-refractivity contribution in [3.63, 3.8) is 0 Å². The van der Waals surface area contributed by atoms with Crippen molar-refractivity contribution in [2.24, 2.45) is 0 Å².